The molecule has 0 aromatic heterocycles. The van der Waals surface area contributed by atoms with Crippen molar-refractivity contribution in [3.05, 3.63) is 101 Å². The molecule has 1 unspecified atom stereocenters. The fraction of sp³-hybridized carbons (Fsp3) is 0.357. The third-order valence-corrected chi connectivity index (χ3v) is 6.07. The Morgan fingerprint density at radius 2 is 1.94 bits per heavy atom. The molecule has 4 heteroatoms. The lowest BCUT2D eigenvalue weighted by molar-refractivity contribution is 0.0378. The molecule has 1 aliphatic rings. The highest BCUT2D eigenvalue weighted by atomic mass is 35.5. The number of hydrogen-bond donors (Lipinski definition) is 0. The molecular weight excluding hydrogens is 418 g/mol. The highest BCUT2D eigenvalue weighted by molar-refractivity contribution is 6.25. The maximum Gasteiger partial charge on any atom is 0.118 e. The minimum Gasteiger partial charge on any atom is -0.497 e. The lowest BCUT2D eigenvalue weighted by Gasteiger charge is -2.27. The van der Waals surface area contributed by atoms with Crippen molar-refractivity contribution in [1.29, 1.82) is 0 Å². The van der Waals surface area contributed by atoms with Gasteiger partial charge < -0.3 is 9.47 Å². The van der Waals surface area contributed by atoms with Gasteiger partial charge in [0, 0.05) is 18.1 Å². The normalized spacial score (nSPS) is 18.6. The third-order valence-electron chi connectivity index (χ3n) is 5.93. The van der Waals surface area contributed by atoms with Crippen LogP contribution in [0.25, 0.3) is 0 Å². The van der Waals surface area contributed by atoms with Crippen molar-refractivity contribution in [2.45, 2.75) is 38.3 Å². The van der Waals surface area contributed by atoms with Crippen LogP contribution in [0.1, 0.15) is 37.0 Å². The zero-order chi connectivity index (χ0) is 22.6. The Kier molecular flexibility index (Phi) is 10.1. The quantitative estimate of drug-likeness (QED) is 0.354. The molecule has 2 aromatic rings. The van der Waals surface area contributed by atoms with Crippen LogP contribution in [-0.4, -0.2) is 37.7 Å². The molecule has 32 heavy (non-hydrogen) atoms. The number of hydrogen-bond acceptors (Lipinski definition) is 3. The summed E-state index contributed by atoms with van der Waals surface area (Å²) in [6.45, 7) is 4.91. The van der Waals surface area contributed by atoms with Gasteiger partial charge in [0.15, 0.2) is 0 Å². The van der Waals surface area contributed by atoms with Gasteiger partial charge in [-0.3, -0.25) is 4.90 Å². The first-order valence-corrected chi connectivity index (χ1v) is 11.8. The lowest BCUT2D eigenvalue weighted by Crippen LogP contribution is -2.35. The van der Waals surface area contributed by atoms with Gasteiger partial charge in [-0.15, -0.1) is 0 Å². The fourth-order valence-corrected chi connectivity index (χ4v) is 4.31. The van der Waals surface area contributed by atoms with Crippen molar-refractivity contribution >= 4 is 11.6 Å². The largest absolute Gasteiger partial charge is 0.497 e. The van der Waals surface area contributed by atoms with Crippen LogP contribution in [0.5, 0.6) is 5.75 Å². The molecule has 3 nitrogen and oxygen atoms in total. The van der Waals surface area contributed by atoms with E-state index in [1.165, 1.54) is 23.9 Å². The van der Waals surface area contributed by atoms with E-state index in [1.807, 2.05) is 43.4 Å². The number of halogens is 1. The molecule has 0 radical (unpaired) electrons. The number of benzene rings is 2. The predicted molar refractivity (Wildman–Crippen MR) is 134 cm³/mol. The topological polar surface area (TPSA) is 21.7 Å². The minimum atomic E-state index is -0.121. The fourth-order valence-electron chi connectivity index (χ4n) is 4.23. The predicted octanol–water partition coefficient (Wildman–Crippen LogP) is 6.72. The summed E-state index contributed by atoms with van der Waals surface area (Å²) in [5.74, 6) is 0.905. The molecule has 1 aliphatic heterocycles. The summed E-state index contributed by atoms with van der Waals surface area (Å²) in [5, 5.41) is 0. The van der Waals surface area contributed by atoms with Gasteiger partial charge in [0.05, 0.1) is 13.7 Å². The van der Waals surface area contributed by atoms with Crippen molar-refractivity contribution in [3.63, 3.8) is 0 Å². The first-order chi connectivity index (χ1) is 15.7. The Morgan fingerprint density at radius 1 is 1.16 bits per heavy atom. The number of nitrogens with zero attached hydrogens (tertiary/aromatic N) is 1. The van der Waals surface area contributed by atoms with Gasteiger partial charge >= 0.3 is 0 Å². The van der Waals surface area contributed by atoms with E-state index >= 15 is 0 Å². The highest BCUT2D eigenvalue weighted by Crippen LogP contribution is 2.29. The summed E-state index contributed by atoms with van der Waals surface area (Å²) in [4.78, 5) is 2.57. The van der Waals surface area contributed by atoms with Crippen molar-refractivity contribution < 1.29 is 9.47 Å². The van der Waals surface area contributed by atoms with Crippen LogP contribution in [0.15, 0.2) is 90.0 Å². The summed E-state index contributed by atoms with van der Waals surface area (Å²) in [6, 6.07) is 19.2. The third kappa shape index (κ3) is 7.09. The van der Waals surface area contributed by atoms with Crippen molar-refractivity contribution in [2.24, 2.45) is 0 Å². The summed E-state index contributed by atoms with van der Waals surface area (Å²) < 4.78 is 11.8. The van der Waals surface area contributed by atoms with E-state index in [2.05, 4.69) is 47.4 Å². The van der Waals surface area contributed by atoms with Gasteiger partial charge in [0.25, 0.3) is 0 Å². The van der Waals surface area contributed by atoms with E-state index in [0.717, 1.165) is 36.4 Å². The molecular formula is C28H34ClNO2. The Hall–Kier alpha value is -2.33. The summed E-state index contributed by atoms with van der Waals surface area (Å²) in [7, 11) is 1.70. The maximum absolute atomic E-state index is 6.58. The Labute approximate surface area is 198 Å². The lowest BCUT2D eigenvalue weighted by atomic mass is 10.00. The number of methoxy groups -OCH3 is 1. The van der Waals surface area contributed by atoms with Crippen molar-refractivity contribution in [2.75, 3.05) is 26.8 Å². The Morgan fingerprint density at radius 3 is 2.62 bits per heavy atom. The second-order valence-corrected chi connectivity index (χ2v) is 8.29. The molecule has 2 atom stereocenters. The molecule has 0 N–H and O–H groups in total. The molecule has 1 heterocycles. The second kappa shape index (κ2) is 13.3. The smallest absolute Gasteiger partial charge is 0.118 e. The molecule has 1 saturated heterocycles. The van der Waals surface area contributed by atoms with Crippen LogP contribution in [-0.2, 0) is 11.2 Å². The minimum absolute atomic E-state index is 0.121. The number of allylic oxidation sites excluding steroid dienone is 3. The van der Waals surface area contributed by atoms with Crippen LogP contribution in [0.4, 0.5) is 0 Å². The second-order valence-electron chi connectivity index (χ2n) is 8.04. The van der Waals surface area contributed by atoms with Crippen LogP contribution in [0, 0.1) is 0 Å². The molecule has 0 amide bonds. The zero-order valence-electron chi connectivity index (χ0n) is 19.1. The molecule has 0 aliphatic carbocycles. The molecule has 0 bridgehead atoms. The van der Waals surface area contributed by atoms with E-state index in [0.29, 0.717) is 12.6 Å². The van der Waals surface area contributed by atoms with Crippen LogP contribution in [0.2, 0.25) is 0 Å². The Balaban J connectivity index is 1.65. The molecule has 2 aromatic carbocycles. The maximum atomic E-state index is 6.58. The molecule has 3 rings (SSSR count). The standard InChI is InChI=1S/C28H34ClNO2/c1-3-9-24(12-7-19-29)28(25-10-5-4-6-11-25)32-22-26-13-8-20-30(26)21-18-23-14-16-27(31-2)17-15-23/h3-7,9-12,14-17,19,26,28H,8,13,18,20-22H2,1-2H3/b9-3-,19-7+,24-12+/t26-,28?/m0/s1. The Bertz CT molecular complexity index is 889. The van der Waals surface area contributed by atoms with E-state index in [9.17, 15) is 0 Å². The zero-order valence-corrected chi connectivity index (χ0v) is 19.9. The average Bonchev–Trinajstić information content (AvgIpc) is 3.29. The van der Waals surface area contributed by atoms with Gasteiger partial charge in [-0.05, 0) is 61.6 Å². The van der Waals surface area contributed by atoms with Gasteiger partial charge in [0.1, 0.15) is 11.9 Å². The number of rotatable bonds is 11. The molecule has 0 saturated carbocycles. The number of likely N-dealkylation sites (tertiary alicyclic amines) is 1. The molecule has 170 valence electrons. The van der Waals surface area contributed by atoms with Crippen LogP contribution in [0.3, 0.4) is 0 Å². The number of ether oxygens (including phenoxy) is 2. The van der Waals surface area contributed by atoms with Gasteiger partial charge in [-0.2, -0.15) is 0 Å². The van der Waals surface area contributed by atoms with Crippen molar-refractivity contribution in [1.82, 2.24) is 4.90 Å². The summed E-state index contributed by atoms with van der Waals surface area (Å²) >= 11 is 5.79. The van der Waals surface area contributed by atoms with Gasteiger partial charge in [0.2, 0.25) is 0 Å². The first-order valence-electron chi connectivity index (χ1n) is 11.4. The molecule has 0 spiro atoms. The summed E-state index contributed by atoms with van der Waals surface area (Å²) in [5.41, 5.74) is 5.12. The monoisotopic (exact) mass is 451 g/mol. The SMILES string of the molecule is C\C=C/C(=C\C=C\Cl)C(OC[C@@H]1CCCN1CCc1ccc(OC)cc1)c1ccccc1. The summed E-state index contributed by atoms with van der Waals surface area (Å²) in [6.07, 6.45) is 11.3. The van der Waals surface area contributed by atoms with Crippen molar-refractivity contribution in [3.8, 4) is 5.75 Å². The van der Waals surface area contributed by atoms with Crippen LogP contribution >= 0.6 is 11.6 Å². The van der Waals surface area contributed by atoms with Crippen LogP contribution < -0.4 is 4.74 Å². The van der Waals surface area contributed by atoms with E-state index < -0.39 is 0 Å². The molecule has 1 fully saturated rings. The van der Waals surface area contributed by atoms with E-state index in [-0.39, 0.29) is 6.10 Å². The van der Waals surface area contributed by atoms with Gasteiger partial charge in [-0.1, -0.05) is 78.4 Å². The first kappa shape index (κ1) is 24.3. The van der Waals surface area contributed by atoms with E-state index in [4.69, 9.17) is 21.1 Å². The van der Waals surface area contributed by atoms with Gasteiger partial charge in [-0.25, -0.2) is 0 Å². The van der Waals surface area contributed by atoms with E-state index in [1.54, 1.807) is 7.11 Å². The average molecular weight is 452 g/mol. The highest BCUT2D eigenvalue weighted by Gasteiger charge is 2.26.